The van der Waals surface area contributed by atoms with E-state index in [0.29, 0.717) is 6.04 Å². The van der Waals surface area contributed by atoms with Gasteiger partial charge in [-0.15, -0.1) is 0 Å². The fourth-order valence-corrected chi connectivity index (χ4v) is 3.47. The Bertz CT molecular complexity index is 686. The third-order valence-electron chi connectivity index (χ3n) is 4.80. The van der Waals surface area contributed by atoms with Gasteiger partial charge in [0.05, 0.1) is 12.8 Å². The molecule has 0 aliphatic heterocycles. The van der Waals surface area contributed by atoms with Crippen molar-refractivity contribution in [1.29, 1.82) is 0 Å². The summed E-state index contributed by atoms with van der Waals surface area (Å²) in [6, 6.07) is 8.85. The molecule has 2 aromatic rings. The van der Waals surface area contributed by atoms with Gasteiger partial charge in [-0.3, -0.25) is 4.68 Å². The molecule has 0 spiro atoms. The molecule has 0 saturated heterocycles. The van der Waals surface area contributed by atoms with Crippen molar-refractivity contribution in [3.63, 3.8) is 0 Å². The maximum atomic E-state index is 5.28. The van der Waals surface area contributed by atoms with E-state index in [1.54, 1.807) is 7.11 Å². The van der Waals surface area contributed by atoms with Crippen LogP contribution < -0.4 is 15.0 Å². The topological polar surface area (TPSA) is 42.3 Å². The minimum Gasteiger partial charge on any atom is -0.497 e. The monoisotopic (exact) mass is 328 g/mol. The van der Waals surface area contributed by atoms with Gasteiger partial charge in [-0.25, -0.2) is 0 Å². The van der Waals surface area contributed by atoms with Crippen LogP contribution in [0.25, 0.3) is 0 Å². The number of methoxy groups -OCH3 is 1. The maximum absolute atomic E-state index is 5.28. The average molecular weight is 328 g/mol. The number of benzene rings is 1. The highest BCUT2D eigenvalue weighted by Gasteiger charge is 2.32. The molecule has 1 N–H and O–H groups in total. The fraction of sp³-hybridized carbons (Fsp3) is 0.526. The largest absolute Gasteiger partial charge is 0.497 e. The molecule has 0 radical (unpaired) electrons. The highest BCUT2D eigenvalue weighted by molar-refractivity contribution is 5.49. The minimum absolute atomic E-state index is 0.394. The molecule has 1 aromatic carbocycles. The van der Waals surface area contributed by atoms with E-state index in [9.17, 15) is 0 Å². The SMILES string of the molecule is COc1ccc([C@H](NCc2c(C)nn(C)c2N(C)C)C2CC2)cc1. The van der Waals surface area contributed by atoms with Crippen LogP contribution in [0.4, 0.5) is 5.82 Å². The third-order valence-corrected chi connectivity index (χ3v) is 4.80. The van der Waals surface area contributed by atoms with Crippen LogP contribution in [0.3, 0.4) is 0 Å². The summed E-state index contributed by atoms with van der Waals surface area (Å²) in [6.45, 7) is 2.92. The van der Waals surface area contributed by atoms with Crippen molar-refractivity contribution in [2.24, 2.45) is 13.0 Å². The van der Waals surface area contributed by atoms with Crippen molar-refractivity contribution >= 4 is 5.82 Å². The van der Waals surface area contributed by atoms with E-state index < -0.39 is 0 Å². The predicted octanol–water partition coefficient (Wildman–Crippen LogP) is 3.04. The molecule has 1 fully saturated rings. The van der Waals surface area contributed by atoms with Crippen molar-refractivity contribution in [2.75, 3.05) is 26.1 Å². The van der Waals surface area contributed by atoms with Crippen molar-refractivity contribution < 1.29 is 4.74 Å². The Balaban J connectivity index is 1.78. The maximum Gasteiger partial charge on any atom is 0.130 e. The zero-order valence-electron chi connectivity index (χ0n) is 15.3. The number of ether oxygens (including phenoxy) is 1. The summed E-state index contributed by atoms with van der Waals surface area (Å²) in [4.78, 5) is 2.14. The molecule has 1 atom stereocenters. The zero-order chi connectivity index (χ0) is 17.3. The first-order valence-corrected chi connectivity index (χ1v) is 8.58. The highest BCUT2D eigenvalue weighted by atomic mass is 16.5. The first-order chi connectivity index (χ1) is 11.5. The average Bonchev–Trinajstić information content (AvgIpc) is 3.34. The number of anilines is 1. The van der Waals surface area contributed by atoms with Crippen molar-refractivity contribution in [2.45, 2.75) is 32.4 Å². The molecule has 0 amide bonds. The van der Waals surface area contributed by atoms with E-state index in [2.05, 4.69) is 48.5 Å². The Labute approximate surface area is 144 Å². The molecule has 0 unspecified atom stereocenters. The van der Waals surface area contributed by atoms with Gasteiger partial charge < -0.3 is 15.0 Å². The van der Waals surface area contributed by atoms with Gasteiger partial charge in [-0.2, -0.15) is 5.10 Å². The molecule has 24 heavy (non-hydrogen) atoms. The summed E-state index contributed by atoms with van der Waals surface area (Å²) in [7, 11) is 7.86. The first kappa shape index (κ1) is 16.8. The number of nitrogens with zero attached hydrogens (tertiary/aromatic N) is 3. The molecule has 5 nitrogen and oxygen atoms in total. The van der Waals surface area contributed by atoms with Gasteiger partial charge in [0.1, 0.15) is 11.6 Å². The standard InChI is InChI=1S/C19H28N4O/c1-13-17(19(22(2)3)23(4)21-13)12-20-18(14-6-7-14)15-8-10-16(24-5)11-9-15/h8-11,14,18,20H,6-7,12H2,1-5H3/t18-/m1/s1. The second kappa shape index (κ2) is 6.85. The molecule has 1 aliphatic carbocycles. The fourth-order valence-electron chi connectivity index (χ4n) is 3.47. The van der Waals surface area contributed by atoms with Crippen molar-refractivity contribution in [1.82, 2.24) is 15.1 Å². The van der Waals surface area contributed by atoms with Gasteiger partial charge in [-0.1, -0.05) is 12.1 Å². The summed E-state index contributed by atoms with van der Waals surface area (Å²) < 4.78 is 7.24. The van der Waals surface area contributed by atoms with Crippen LogP contribution >= 0.6 is 0 Å². The lowest BCUT2D eigenvalue weighted by Crippen LogP contribution is -2.24. The zero-order valence-corrected chi connectivity index (χ0v) is 15.3. The molecule has 3 rings (SSSR count). The molecule has 1 aromatic heterocycles. The van der Waals surface area contributed by atoms with Crippen LogP contribution in [0.2, 0.25) is 0 Å². The number of hydrogen-bond acceptors (Lipinski definition) is 4. The summed E-state index contributed by atoms with van der Waals surface area (Å²) in [5, 5.41) is 8.36. The number of nitrogens with one attached hydrogen (secondary N) is 1. The van der Waals surface area contributed by atoms with E-state index in [-0.39, 0.29) is 0 Å². The molecule has 0 bridgehead atoms. The third kappa shape index (κ3) is 3.41. The molecule has 130 valence electrons. The van der Waals surface area contributed by atoms with Crippen LogP contribution in [-0.2, 0) is 13.6 Å². The van der Waals surface area contributed by atoms with Crippen LogP contribution in [0.1, 0.15) is 35.7 Å². The highest BCUT2D eigenvalue weighted by Crippen LogP contribution is 2.41. The van der Waals surface area contributed by atoms with Crippen LogP contribution in [0.15, 0.2) is 24.3 Å². The Morgan fingerprint density at radius 1 is 1.29 bits per heavy atom. The van der Waals surface area contributed by atoms with Crippen molar-refractivity contribution in [3.8, 4) is 5.75 Å². The Kier molecular flexibility index (Phi) is 4.81. The molecular weight excluding hydrogens is 300 g/mol. The Morgan fingerprint density at radius 3 is 2.50 bits per heavy atom. The molecule has 1 heterocycles. The number of aryl methyl sites for hydroxylation is 2. The molecule has 5 heteroatoms. The normalized spacial score (nSPS) is 15.4. The molecular formula is C19H28N4O. The number of aromatic nitrogens is 2. The summed E-state index contributed by atoms with van der Waals surface area (Å²) in [5.41, 5.74) is 3.71. The Hall–Kier alpha value is -2.01. The van der Waals surface area contributed by atoms with Gasteiger partial charge in [0, 0.05) is 39.3 Å². The van der Waals surface area contributed by atoms with Crippen LogP contribution in [0.5, 0.6) is 5.75 Å². The van der Waals surface area contributed by atoms with Gasteiger partial charge >= 0.3 is 0 Å². The second-order valence-electron chi connectivity index (χ2n) is 6.87. The van der Waals surface area contributed by atoms with E-state index in [1.165, 1.54) is 29.8 Å². The van der Waals surface area contributed by atoms with E-state index in [0.717, 1.165) is 23.9 Å². The van der Waals surface area contributed by atoms with Gasteiger partial charge in [-0.05, 0) is 43.4 Å². The van der Waals surface area contributed by atoms with Gasteiger partial charge in [0.25, 0.3) is 0 Å². The van der Waals surface area contributed by atoms with Crippen LogP contribution in [-0.4, -0.2) is 31.0 Å². The van der Waals surface area contributed by atoms with E-state index >= 15 is 0 Å². The number of hydrogen-bond donors (Lipinski definition) is 1. The summed E-state index contributed by atoms with van der Waals surface area (Å²) >= 11 is 0. The minimum atomic E-state index is 0.394. The van der Waals surface area contributed by atoms with E-state index in [4.69, 9.17) is 4.74 Å². The first-order valence-electron chi connectivity index (χ1n) is 8.58. The predicted molar refractivity (Wildman–Crippen MR) is 97.6 cm³/mol. The summed E-state index contributed by atoms with van der Waals surface area (Å²) in [6.07, 6.45) is 2.60. The molecule has 1 aliphatic rings. The summed E-state index contributed by atoms with van der Waals surface area (Å²) in [5.74, 6) is 2.81. The van der Waals surface area contributed by atoms with Crippen LogP contribution in [0, 0.1) is 12.8 Å². The van der Waals surface area contributed by atoms with E-state index in [1.807, 2.05) is 23.9 Å². The Morgan fingerprint density at radius 2 is 1.96 bits per heavy atom. The lowest BCUT2D eigenvalue weighted by molar-refractivity contribution is 0.413. The van der Waals surface area contributed by atoms with Gasteiger partial charge in [0.2, 0.25) is 0 Å². The molecule has 1 saturated carbocycles. The second-order valence-corrected chi connectivity index (χ2v) is 6.87. The lowest BCUT2D eigenvalue weighted by atomic mass is 10.0. The van der Waals surface area contributed by atoms with Gasteiger partial charge in [0.15, 0.2) is 0 Å². The smallest absolute Gasteiger partial charge is 0.130 e. The van der Waals surface area contributed by atoms with Crippen molar-refractivity contribution in [3.05, 3.63) is 41.1 Å². The quantitative estimate of drug-likeness (QED) is 0.848. The number of rotatable bonds is 7. The lowest BCUT2D eigenvalue weighted by Gasteiger charge is -2.21.